The summed E-state index contributed by atoms with van der Waals surface area (Å²) in [6.07, 6.45) is 0. The predicted octanol–water partition coefficient (Wildman–Crippen LogP) is 13.0. The third-order valence-corrected chi connectivity index (χ3v) is 9.43. The molecular formula is C46H30. The summed E-state index contributed by atoms with van der Waals surface area (Å²) < 4.78 is 0. The van der Waals surface area contributed by atoms with Crippen LogP contribution >= 0.6 is 0 Å². The zero-order valence-corrected chi connectivity index (χ0v) is 25.3. The Morgan fingerprint density at radius 2 is 0.435 bits per heavy atom. The standard InChI is InChI=1S/C46H30/c1-5-17-31(18-6-1)41-37-27-15-13-25-35(37)39-29-30-40-36-26-14-16-28-38(36)42(32-19-7-2-8-20-32)44(34-23-11-4-12-24-34)46(40)45(39)43(41)33-21-9-3-10-22-33/h1-30H. The number of hydrogen-bond donors (Lipinski definition) is 0. The lowest BCUT2D eigenvalue weighted by molar-refractivity contribution is 1.62. The van der Waals surface area contributed by atoms with E-state index in [1.807, 2.05) is 0 Å². The lowest BCUT2D eigenvalue weighted by Gasteiger charge is -2.24. The van der Waals surface area contributed by atoms with E-state index in [4.69, 9.17) is 0 Å². The van der Waals surface area contributed by atoms with Crippen molar-refractivity contribution in [2.75, 3.05) is 0 Å². The molecule has 0 saturated carbocycles. The average molecular weight is 583 g/mol. The number of benzene rings is 9. The van der Waals surface area contributed by atoms with Crippen LogP contribution in [0.15, 0.2) is 182 Å². The Morgan fingerprint density at radius 3 is 0.761 bits per heavy atom. The highest BCUT2D eigenvalue weighted by molar-refractivity contribution is 6.35. The molecule has 9 aromatic carbocycles. The van der Waals surface area contributed by atoms with Gasteiger partial charge in [0, 0.05) is 0 Å². The molecule has 214 valence electrons. The Balaban J connectivity index is 1.65. The summed E-state index contributed by atoms with van der Waals surface area (Å²) in [6.45, 7) is 0. The maximum Gasteiger partial charge on any atom is -0.000741 e. The van der Waals surface area contributed by atoms with Gasteiger partial charge in [0.15, 0.2) is 0 Å². The van der Waals surface area contributed by atoms with Crippen molar-refractivity contribution in [1.82, 2.24) is 0 Å². The molecule has 46 heavy (non-hydrogen) atoms. The van der Waals surface area contributed by atoms with Crippen LogP contribution in [0.3, 0.4) is 0 Å². The van der Waals surface area contributed by atoms with Crippen molar-refractivity contribution in [3.63, 3.8) is 0 Å². The quantitative estimate of drug-likeness (QED) is 0.181. The van der Waals surface area contributed by atoms with Gasteiger partial charge in [-0.2, -0.15) is 0 Å². The van der Waals surface area contributed by atoms with Gasteiger partial charge in [0.2, 0.25) is 0 Å². The van der Waals surface area contributed by atoms with E-state index in [0.717, 1.165) is 0 Å². The topological polar surface area (TPSA) is 0 Å². The van der Waals surface area contributed by atoms with Gasteiger partial charge >= 0.3 is 0 Å². The summed E-state index contributed by atoms with van der Waals surface area (Å²) in [7, 11) is 0. The molecule has 0 aliphatic carbocycles. The summed E-state index contributed by atoms with van der Waals surface area (Å²) >= 11 is 0. The Labute approximate surface area is 268 Å². The van der Waals surface area contributed by atoms with Crippen molar-refractivity contribution in [3.8, 4) is 44.5 Å². The lowest BCUT2D eigenvalue weighted by Crippen LogP contribution is -1.96. The largest absolute Gasteiger partial charge is 0.0622 e. The van der Waals surface area contributed by atoms with Crippen LogP contribution in [-0.4, -0.2) is 0 Å². The molecule has 0 amide bonds. The zero-order chi connectivity index (χ0) is 30.5. The van der Waals surface area contributed by atoms with Gasteiger partial charge in [-0.05, 0) is 87.6 Å². The summed E-state index contributed by atoms with van der Waals surface area (Å²) in [6, 6.07) is 66.5. The first-order valence-electron chi connectivity index (χ1n) is 16.0. The second kappa shape index (κ2) is 10.9. The fourth-order valence-electron chi connectivity index (χ4n) is 7.56. The third kappa shape index (κ3) is 4.08. The highest BCUT2D eigenvalue weighted by Crippen LogP contribution is 2.52. The maximum atomic E-state index is 2.37. The van der Waals surface area contributed by atoms with Crippen molar-refractivity contribution >= 4 is 43.1 Å². The zero-order valence-electron chi connectivity index (χ0n) is 25.3. The Bertz CT molecular complexity index is 2350. The molecule has 0 aliphatic rings. The SMILES string of the molecule is c1ccc(-c2c(-c3ccccc3)c3c(ccc4c5ccccc5c(-c5ccccc5)c(-c5ccccc5)c43)c3ccccc23)cc1. The van der Waals surface area contributed by atoms with E-state index in [0.29, 0.717) is 0 Å². The van der Waals surface area contributed by atoms with E-state index < -0.39 is 0 Å². The van der Waals surface area contributed by atoms with Crippen molar-refractivity contribution in [2.24, 2.45) is 0 Å². The molecule has 0 atom stereocenters. The average Bonchev–Trinajstić information content (AvgIpc) is 3.14. The molecule has 0 N–H and O–H groups in total. The van der Waals surface area contributed by atoms with Gasteiger partial charge in [0.1, 0.15) is 0 Å². The molecule has 9 rings (SSSR count). The first kappa shape index (κ1) is 26.4. The Morgan fingerprint density at radius 1 is 0.174 bits per heavy atom. The van der Waals surface area contributed by atoms with Gasteiger partial charge in [-0.3, -0.25) is 0 Å². The van der Waals surface area contributed by atoms with E-state index in [-0.39, 0.29) is 0 Å². The number of fused-ring (bicyclic) bond motifs is 7. The highest BCUT2D eigenvalue weighted by atomic mass is 14.3. The first-order chi connectivity index (χ1) is 22.9. The molecule has 0 heteroatoms. The van der Waals surface area contributed by atoms with Gasteiger partial charge in [-0.15, -0.1) is 0 Å². The number of rotatable bonds is 4. The summed E-state index contributed by atoms with van der Waals surface area (Å²) in [5.41, 5.74) is 9.99. The van der Waals surface area contributed by atoms with E-state index in [1.165, 1.54) is 87.6 Å². The first-order valence-corrected chi connectivity index (χ1v) is 16.0. The van der Waals surface area contributed by atoms with Crippen LogP contribution in [0.25, 0.3) is 87.6 Å². The van der Waals surface area contributed by atoms with E-state index in [2.05, 4.69) is 182 Å². The van der Waals surface area contributed by atoms with E-state index in [9.17, 15) is 0 Å². The third-order valence-electron chi connectivity index (χ3n) is 9.43. The molecular weight excluding hydrogens is 553 g/mol. The summed E-state index contributed by atoms with van der Waals surface area (Å²) in [4.78, 5) is 0. The predicted molar refractivity (Wildman–Crippen MR) is 198 cm³/mol. The summed E-state index contributed by atoms with van der Waals surface area (Å²) in [5, 5.41) is 10.2. The number of hydrogen-bond acceptors (Lipinski definition) is 0. The van der Waals surface area contributed by atoms with Crippen LogP contribution in [-0.2, 0) is 0 Å². The van der Waals surface area contributed by atoms with Crippen molar-refractivity contribution < 1.29 is 0 Å². The van der Waals surface area contributed by atoms with Gasteiger partial charge in [0.05, 0.1) is 0 Å². The molecule has 9 aromatic rings. The molecule has 0 saturated heterocycles. The minimum Gasteiger partial charge on any atom is -0.0622 e. The van der Waals surface area contributed by atoms with Crippen molar-refractivity contribution in [2.45, 2.75) is 0 Å². The Hall–Kier alpha value is -5.98. The molecule has 0 spiro atoms. The molecule has 0 bridgehead atoms. The fraction of sp³-hybridized carbons (Fsp3) is 0. The minimum atomic E-state index is 1.22. The van der Waals surface area contributed by atoms with Crippen LogP contribution in [0.5, 0.6) is 0 Å². The van der Waals surface area contributed by atoms with E-state index >= 15 is 0 Å². The highest BCUT2D eigenvalue weighted by Gasteiger charge is 2.24. The van der Waals surface area contributed by atoms with Gasteiger partial charge < -0.3 is 0 Å². The lowest BCUT2D eigenvalue weighted by atomic mass is 9.79. The smallest absolute Gasteiger partial charge is 0.000741 e. The molecule has 0 nitrogen and oxygen atoms in total. The van der Waals surface area contributed by atoms with Crippen LogP contribution < -0.4 is 0 Å². The molecule has 0 radical (unpaired) electrons. The molecule has 0 heterocycles. The van der Waals surface area contributed by atoms with Crippen LogP contribution in [0.4, 0.5) is 0 Å². The summed E-state index contributed by atoms with van der Waals surface area (Å²) in [5.74, 6) is 0. The normalized spacial score (nSPS) is 11.5. The fourth-order valence-corrected chi connectivity index (χ4v) is 7.56. The monoisotopic (exact) mass is 582 g/mol. The Kier molecular flexibility index (Phi) is 6.25. The van der Waals surface area contributed by atoms with Gasteiger partial charge in [-0.25, -0.2) is 0 Å². The molecule has 0 aliphatic heterocycles. The van der Waals surface area contributed by atoms with Crippen LogP contribution in [0.1, 0.15) is 0 Å². The maximum absolute atomic E-state index is 2.37. The van der Waals surface area contributed by atoms with E-state index in [1.54, 1.807) is 0 Å². The van der Waals surface area contributed by atoms with Crippen molar-refractivity contribution in [1.29, 1.82) is 0 Å². The minimum absolute atomic E-state index is 1.22. The molecule has 0 aromatic heterocycles. The van der Waals surface area contributed by atoms with Gasteiger partial charge in [0.25, 0.3) is 0 Å². The van der Waals surface area contributed by atoms with Gasteiger partial charge in [-0.1, -0.05) is 182 Å². The molecule has 0 unspecified atom stereocenters. The molecule has 0 fully saturated rings. The van der Waals surface area contributed by atoms with Crippen LogP contribution in [0.2, 0.25) is 0 Å². The second-order valence-electron chi connectivity index (χ2n) is 12.0. The van der Waals surface area contributed by atoms with Crippen molar-refractivity contribution in [3.05, 3.63) is 182 Å². The second-order valence-corrected chi connectivity index (χ2v) is 12.0. The van der Waals surface area contributed by atoms with Crippen LogP contribution in [0, 0.1) is 0 Å².